The molecule has 1 amide bonds. The largest absolute Gasteiger partial charge is 0.306 e. The molecule has 1 saturated heterocycles. The van der Waals surface area contributed by atoms with Crippen molar-refractivity contribution in [2.45, 2.75) is 18.9 Å². The van der Waals surface area contributed by atoms with Gasteiger partial charge in [0.25, 0.3) is 5.91 Å². The van der Waals surface area contributed by atoms with Gasteiger partial charge in [-0.05, 0) is 51.5 Å². The summed E-state index contributed by atoms with van der Waals surface area (Å²) in [4.78, 5) is 16.6. The van der Waals surface area contributed by atoms with Gasteiger partial charge in [0.2, 0.25) is 0 Å². The van der Waals surface area contributed by atoms with Crippen LogP contribution in [-0.4, -0.2) is 49.4 Å². The van der Waals surface area contributed by atoms with Gasteiger partial charge in [0.1, 0.15) is 6.04 Å². The number of nitrogens with one attached hydrogen (secondary N) is 1. The number of rotatable bonds is 5. The molecule has 0 saturated carbocycles. The fraction of sp³-hybridized carbons (Fsp3) is 0.562. The number of hydrazine groups is 1. The van der Waals surface area contributed by atoms with Crippen LogP contribution in [-0.2, 0) is 4.79 Å². The normalized spacial score (nSPS) is 18.7. The second-order valence-electron chi connectivity index (χ2n) is 6.01. The summed E-state index contributed by atoms with van der Waals surface area (Å²) in [6.07, 6.45) is 2.37. The van der Waals surface area contributed by atoms with Crippen LogP contribution >= 0.6 is 0 Å². The van der Waals surface area contributed by atoms with Gasteiger partial charge in [-0.25, -0.2) is 5.84 Å². The Kier molecular flexibility index (Phi) is 5.73. The second kappa shape index (κ2) is 7.54. The van der Waals surface area contributed by atoms with E-state index in [-0.39, 0.29) is 11.9 Å². The zero-order valence-electron chi connectivity index (χ0n) is 13.0. The number of piperidine rings is 1. The molecule has 3 N–H and O–H groups in total. The quantitative estimate of drug-likeness (QED) is 0.482. The third-order valence-corrected chi connectivity index (χ3v) is 4.33. The molecule has 1 unspecified atom stereocenters. The van der Waals surface area contributed by atoms with Crippen molar-refractivity contribution in [1.82, 2.24) is 15.2 Å². The minimum absolute atomic E-state index is 0.156. The van der Waals surface area contributed by atoms with Crippen molar-refractivity contribution >= 4 is 5.91 Å². The van der Waals surface area contributed by atoms with Gasteiger partial charge < -0.3 is 4.90 Å². The minimum atomic E-state index is -0.323. The molecule has 5 heteroatoms. The summed E-state index contributed by atoms with van der Waals surface area (Å²) in [5.74, 6) is 5.85. The van der Waals surface area contributed by atoms with E-state index in [4.69, 9.17) is 5.84 Å². The Morgan fingerprint density at radius 3 is 2.57 bits per heavy atom. The van der Waals surface area contributed by atoms with Crippen LogP contribution in [0.3, 0.4) is 0 Å². The highest BCUT2D eigenvalue weighted by molar-refractivity contribution is 5.82. The average molecular weight is 290 g/mol. The van der Waals surface area contributed by atoms with Gasteiger partial charge in [-0.2, -0.15) is 0 Å². The van der Waals surface area contributed by atoms with Gasteiger partial charge in [-0.1, -0.05) is 30.3 Å². The number of benzene rings is 1. The SMILES string of the molecule is CN1CCC(CN(C)C(C(=O)NN)c2ccccc2)CC1. The summed E-state index contributed by atoms with van der Waals surface area (Å²) in [7, 11) is 4.17. The zero-order chi connectivity index (χ0) is 15.2. The predicted octanol–water partition coefficient (Wildman–Crippen LogP) is 0.991. The molecule has 1 atom stereocenters. The summed E-state index contributed by atoms with van der Waals surface area (Å²) in [5.41, 5.74) is 3.28. The van der Waals surface area contributed by atoms with Crippen LogP contribution < -0.4 is 11.3 Å². The van der Waals surface area contributed by atoms with Crippen LogP contribution in [0.2, 0.25) is 0 Å². The van der Waals surface area contributed by atoms with Gasteiger partial charge in [0.15, 0.2) is 0 Å². The average Bonchev–Trinajstić information content (AvgIpc) is 2.50. The molecule has 2 rings (SSSR count). The van der Waals surface area contributed by atoms with Crippen molar-refractivity contribution in [2.75, 3.05) is 33.7 Å². The first-order valence-electron chi connectivity index (χ1n) is 7.56. The maximum Gasteiger partial charge on any atom is 0.255 e. The first kappa shape index (κ1) is 15.9. The summed E-state index contributed by atoms with van der Waals surface area (Å²) in [6.45, 7) is 3.19. The molecule has 1 aromatic carbocycles. The third-order valence-electron chi connectivity index (χ3n) is 4.33. The molecule has 1 aliphatic rings. The zero-order valence-corrected chi connectivity index (χ0v) is 13.0. The van der Waals surface area contributed by atoms with E-state index in [0.717, 1.165) is 25.2 Å². The lowest BCUT2D eigenvalue weighted by Crippen LogP contribution is -2.44. The van der Waals surface area contributed by atoms with Gasteiger partial charge in [0.05, 0.1) is 0 Å². The number of hydrogen-bond donors (Lipinski definition) is 2. The predicted molar refractivity (Wildman–Crippen MR) is 84.4 cm³/mol. The van der Waals surface area contributed by atoms with E-state index in [9.17, 15) is 4.79 Å². The van der Waals surface area contributed by atoms with Crippen LogP contribution in [0.25, 0.3) is 0 Å². The Morgan fingerprint density at radius 1 is 1.38 bits per heavy atom. The summed E-state index contributed by atoms with van der Waals surface area (Å²) in [5, 5.41) is 0. The monoisotopic (exact) mass is 290 g/mol. The molecule has 0 bridgehead atoms. The number of carbonyl (C=O) groups is 1. The smallest absolute Gasteiger partial charge is 0.255 e. The molecule has 1 fully saturated rings. The van der Waals surface area contributed by atoms with Crippen molar-refractivity contribution in [3.8, 4) is 0 Å². The van der Waals surface area contributed by atoms with Crippen LogP contribution in [0.15, 0.2) is 30.3 Å². The highest BCUT2D eigenvalue weighted by atomic mass is 16.2. The van der Waals surface area contributed by atoms with Gasteiger partial charge >= 0.3 is 0 Å². The molecule has 5 nitrogen and oxygen atoms in total. The van der Waals surface area contributed by atoms with Crippen molar-refractivity contribution in [1.29, 1.82) is 0 Å². The Morgan fingerprint density at radius 2 is 2.00 bits per heavy atom. The Balaban J connectivity index is 2.04. The van der Waals surface area contributed by atoms with Crippen LogP contribution in [0.5, 0.6) is 0 Å². The van der Waals surface area contributed by atoms with Crippen molar-refractivity contribution in [3.63, 3.8) is 0 Å². The number of amides is 1. The lowest BCUT2D eigenvalue weighted by Gasteiger charge is -2.34. The molecule has 21 heavy (non-hydrogen) atoms. The van der Waals surface area contributed by atoms with Gasteiger partial charge in [-0.3, -0.25) is 15.1 Å². The van der Waals surface area contributed by atoms with E-state index in [0.29, 0.717) is 5.92 Å². The molecule has 1 heterocycles. The van der Waals surface area contributed by atoms with E-state index in [1.165, 1.54) is 12.8 Å². The highest BCUT2D eigenvalue weighted by Gasteiger charge is 2.27. The summed E-state index contributed by atoms with van der Waals surface area (Å²) >= 11 is 0. The summed E-state index contributed by atoms with van der Waals surface area (Å²) < 4.78 is 0. The van der Waals surface area contributed by atoms with E-state index >= 15 is 0 Å². The molecule has 0 aliphatic carbocycles. The van der Waals surface area contributed by atoms with Crippen molar-refractivity contribution in [3.05, 3.63) is 35.9 Å². The number of nitrogens with two attached hydrogens (primary N) is 1. The van der Waals surface area contributed by atoms with Crippen LogP contribution in [0, 0.1) is 5.92 Å². The number of carbonyl (C=O) groups excluding carboxylic acids is 1. The maximum atomic E-state index is 12.2. The van der Waals surface area contributed by atoms with E-state index in [1.807, 2.05) is 37.4 Å². The first-order chi connectivity index (χ1) is 10.1. The Hall–Kier alpha value is -1.43. The minimum Gasteiger partial charge on any atom is -0.306 e. The van der Waals surface area contributed by atoms with Crippen LogP contribution in [0.1, 0.15) is 24.4 Å². The first-order valence-corrected chi connectivity index (χ1v) is 7.56. The fourth-order valence-electron chi connectivity index (χ4n) is 3.08. The molecular formula is C16H26N4O. The lowest BCUT2D eigenvalue weighted by molar-refractivity contribution is -0.126. The standard InChI is InChI=1S/C16H26N4O/c1-19-10-8-13(9-11-19)12-20(2)15(16(21)18-17)14-6-4-3-5-7-14/h3-7,13,15H,8-12,17H2,1-2H3,(H,18,21). The molecular weight excluding hydrogens is 264 g/mol. The fourth-order valence-corrected chi connectivity index (χ4v) is 3.08. The second-order valence-corrected chi connectivity index (χ2v) is 6.01. The van der Waals surface area contributed by atoms with Crippen LogP contribution in [0.4, 0.5) is 0 Å². The molecule has 0 spiro atoms. The number of nitrogens with zero attached hydrogens (tertiary/aromatic N) is 2. The third kappa shape index (κ3) is 4.27. The van der Waals surface area contributed by atoms with Gasteiger partial charge in [-0.15, -0.1) is 0 Å². The molecule has 1 aromatic rings. The topological polar surface area (TPSA) is 61.6 Å². The number of likely N-dealkylation sites (tertiary alicyclic amines) is 1. The van der Waals surface area contributed by atoms with E-state index in [1.54, 1.807) is 0 Å². The molecule has 0 radical (unpaired) electrons. The highest BCUT2D eigenvalue weighted by Crippen LogP contribution is 2.24. The van der Waals surface area contributed by atoms with Crippen molar-refractivity contribution < 1.29 is 4.79 Å². The number of likely N-dealkylation sites (N-methyl/N-ethyl adjacent to an activating group) is 1. The Labute approximate surface area is 127 Å². The van der Waals surface area contributed by atoms with E-state index in [2.05, 4.69) is 22.3 Å². The Bertz CT molecular complexity index is 443. The number of hydrogen-bond acceptors (Lipinski definition) is 4. The summed E-state index contributed by atoms with van der Waals surface area (Å²) in [6, 6.07) is 9.50. The molecule has 116 valence electrons. The van der Waals surface area contributed by atoms with Crippen molar-refractivity contribution in [2.24, 2.45) is 11.8 Å². The van der Waals surface area contributed by atoms with Gasteiger partial charge in [0, 0.05) is 6.54 Å². The van der Waals surface area contributed by atoms with E-state index < -0.39 is 0 Å². The maximum absolute atomic E-state index is 12.2. The molecule has 1 aliphatic heterocycles. The lowest BCUT2D eigenvalue weighted by atomic mass is 9.95. The molecule has 0 aromatic heterocycles.